The van der Waals surface area contributed by atoms with Gasteiger partial charge in [0.1, 0.15) is 23.9 Å². The van der Waals surface area contributed by atoms with Crippen molar-refractivity contribution in [1.82, 2.24) is 9.78 Å². The Balaban J connectivity index is 2.41. The number of hydrogen-bond donors (Lipinski definition) is 0. The van der Waals surface area contributed by atoms with Crippen LogP contribution in [0.2, 0.25) is 0 Å². The minimum Gasteiger partial charge on any atom is -0.454 e. The average Bonchev–Trinajstić information content (AvgIpc) is 2.98. The number of ether oxygens (including phenoxy) is 3. The fourth-order valence-electron chi connectivity index (χ4n) is 3.11. The van der Waals surface area contributed by atoms with Crippen molar-refractivity contribution in [1.29, 1.82) is 5.26 Å². The summed E-state index contributed by atoms with van der Waals surface area (Å²) in [6.45, 7) is 10.1. The third kappa shape index (κ3) is 6.30. The summed E-state index contributed by atoms with van der Waals surface area (Å²) in [4.78, 5) is 11.8. The van der Waals surface area contributed by atoms with Crippen LogP contribution >= 0.6 is 11.8 Å². The first kappa shape index (κ1) is 25.3. The van der Waals surface area contributed by atoms with E-state index in [1.165, 1.54) is 0 Å². The SMILES string of the molecule is CSCCOC(=O)OCO/C(=C(/C#N)c1ccc(C(C)(C)C)cc1)c1c(C)c(C)nn1C. The summed E-state index contributed by atoms with van der Waals surface area (Å²) in [7, 11) is 1.79. The summed E-state index contributed by atoms with van der Waals surface area (Å²) in [5.74, 6) is 0.978. The van der Waals surface area contributed by atoms with Crippen molar-refractivity contribution in [3.05, 3.63) is 52.3 Å². The van der Waals surface area contributed by atoms with Crippen molar-refractivity contribution in [3.63, 3.8) is 0 Å². The predicted octanol–water partition coefficient (Wildman–Crippen LogP) is 5.22. The van der Waals surface area contributed by atoms with Gasteiger partial charge in [-0.25, -0.2) is 4.79 Å². The lowest BCUT2D eigenvalue weighted by Gasteiger charge is -2.19. The molecule has 0 bridgehead atoms. The van der Waals surface area contributed by atoms with Crippen molar-refractivity contribution in [2.24, 2.45) is 7.05 Å². The van der Waals surface area contributed by atoms with E-state index >= 15 is 0 Å². The van der Waals surface area contributed by atoms with E-state index in [2.05, 4.69) is 31.9 Å². The Hall–Kier alpha value is -2.92. The molecule has 7 nitrogen and oxygen atoms in total. The maximum Gasteiger partial charge on any atom is 0.511 e. The van der Waals surface area contributed by atoms with E-state index in [-0.39, 0.29) is 18.8 Å². The molecule has 1 aromatic heterocycles. The molecular weight excluding hydrogens is 426 g/mol. The first-order valence-electron chi connectivity index (χ1n) is 10.3. The lowest BCUT2D eigenvalue weighted by atomic mass is 9.86. The molecule has 0 aliphatic heterocycles. The number of carbonyl (C=O) groups is 1. The topological polar surface area (TPSA) is 86.4 Å². The summed E-state index contributed by atoms with van der Waals surface area (Å²) in [5.41, 5.74) is 4.54. The van der Waals surface area contributed by atoms with Gasteiger partial charge >= 0.3 is 6.16 Å². The van der Waals surface area contributed by atoms with Crippen LogP contribution < -0.4 is 0 Å². The Kier molecular flexibility index (Phi) is 8.79. The molecule has 0 aliphatic carbocycles. The molecule has 0 spiro atoms. The van der Waals surface area contributed by atoms with Gasteiger partial charge in [-0.05, 0) is 36.6 Å². The molecule has 0 amide bonds. The van der Waals surface area contributed by atoms with Crippen LogP contribution in [0.3, 0.4) is 0 Å². The van der Waals surface area contributed by atoms with Crippen LogP contribution in [0.4, 0.5) is 4.79 Å². The fourth-order valence-corrected chi connectivity index (χ4v) is 3.36. The van der Waals surface area contributed by atoms with Gasteiger partial charge in [-0.3, -0.25) is 4.68 Å². The highest BCUT2D eigenvalue weighted by molar-refractivity contribution is 7.98. The summed E-state index contributed by atoms with van der Waals surface area (Å²) in [5, 5.41) is 14.5. The van der Waals surface area contributed by atoms with Crippen molar-refractivity contribution in [3.8, 4) is 6.07 Å². The molecule has 1 aromatic carbocycles. The van der Waals surface area contributed by atoms with E-state index in [4.69, 9.17) is 14.2 Å². The van der Waals surface area contributed by atoms with Crippen LogP contribution in [-0.2, 0) is 26.7 Å². The van der Waals surface area contributed by atoms with Gasteiger partial charge in [-0.2, -0.15) is 22.1 Å². The molecule has 0 saturated heterocycles. The molecule has 0 fully saturated rings. The lowest BCUT2D eigenvalue weighted by Crippen LogP contribution is -2.13. The van der Waals surface area contributed by atoms with Crippen molar-refractivity contribution in [2.45, 2.75) is 40.0 Å². The van der Waals surface area contributed by atoms with Gasteiger partial charge in [0.05, 0.1) is 5.69 Å². The zero-order valence-electron chi connectivity index (χ0n) is 19.8. The van der Waals surface area contributed by atoms with Crippen molar-refractivity contribution >= 4 is 29.2 Å². The van der Waals surface area contributed by atoms with E-state index in [1.54, 1.807) is 23.5 Å². The molecule has 0 saturated carbocycles. The Morgan fingerprint density at radius 2 is 1.81 bits per heavy atom. The zero-order valence-corrected chi connectivity index (χ0v) is 20.6. The number of nitriles is 1. The molecule has 0 radical (unpaired) electrons. The summed E-state index contributed by atoms with van der Waals surface area (Å²) in [6, 6.07) is 10.1. The second kappa shape index (κ2) is 11.1. The first-order valence-corrected chi connectivity index (χ1v) is 11.7. The lowest BCUT2D eigenvalue weighted by molar-refractivity contribution is -0.00332. The first-order chi connectivity index (χ1) is 15.1. The number of nitrogens with zero attached hydrogens (tertiary/aromatic N) is 3. The van der Waals surface area contributed by atoms with Gasteiger partial charge in [-0.1, -0.05) is 45.0 Å². The second-order valence-corrected chi connectivity index (χ2v) is 9.31. The molecule has 0 atom stereocenters. The highest BCUT2D eigenvalue weighted by Crippen LogP contribution is 2.31. The molecule has 1 heterocycles. The third-order valence-electron chi connectivity index (χ3n) is 5.00. The van der Waals surface area contributed by atoms with Crippen LogP contribution in [-0.4, -0.2) is 41.3 Å². The van der Waals surface area contributed by atoms with Crippen LogP contribution in [0.1, 0.15) is 48.8 Å². The van der Waals surface area contributed by atoms with Crippen LogP contribution in [0.5, 0.6) is 0 Å². The number of aryl methyl sites for hydroxylation is 2. The number of thioether (sulfide) groups is 1. The van der Waals surface area contributed by atoms with Crippen molar-refractivity contribution in [2.75, 3.05) is 25.4 Å². The molecule has 32 heavy (non-hydrogen) atoms. The molecule has 2 aromatic rings. The Labute approximate surface area is 194 Å². The molecule has 0 aliphatic rings. The van der Waals surface area contributed by atoms with E-state index in [1.807, 2.05) is 44.4 Å². The summed E-state index contributed by atoms with van der Waals surface area (Å²) < 4.78 is 17.6. The van der Waals surface area contributed by atoms with E-state index < -0.39 is 6.16 Å². The second-order valence-electron chi connectivity index (χ2n) is 8.32. The van der Waals surface area contributed by atoms with E-state index in [0.717, 1.165) is 16.8 Å². The summed E-state index contributed by atoms with van der Waals surface area (Å²) in [6.07, 6.45) is 1.11. The van der Waals surface area contributed by atoms with Crippen LogP contribution in [0.15, 0.2) is 24.3 Å². The molecule has 172 valence electrons. The number of aromatic nitrogens is 2. The third-order valence-corrected chi connectivity index (χ3v) is 5.58. The number of carbonyl (C=O) groups excluding carboxylic acids is 1. The zero-order chi connectivity index (χ0) is 23.9. The summed E-state index contributed by atoms with van der Waals surface area (Å²) >= 11 is 1.56. The minimum atomic E-state index is -0.815. The number of rotatable bonds is 8. The molecular formula is C24H31N3O4S. The highest BCUT2D eigenvalue weighted by Gasteiger charge is 2.22. The van der Waals surface area contributed by atoms with Gasteiger partial charge in [0.2, 0.25) is 6.79 Å². The Morgan fingerprint density at radius 1 is 1.16 bits per heavy atom. The van der Waals surface area contributed by atoms with E-state index in [0.29, 0.717) is 28.3 Å². The van der Waals surface area contributed by atoms with Gasteiger partial charge < -0.3 is 14.2 Å². The van der Waals surface area contributed by atoms with E-state index in [9.17, 15) is 10.1 Å². The van der Waals surface area contributed by atoms with Crippen LogP contribution in [0, 0.1) is 25.2 Å². The van der Waals surface area contributed by atoms with Gasteiger partial charge in [0.25, 0.3) is 0 Å². The molecule has 2 rings (SSSR count). The van der Waals surface area contributed by atoms with Crippen molar-refractivity contribution < 1.29 is 19.0 Å². The van der Waals surface area contributed by atoms with Gasteiger partial charge in [0.15, 0.2) is 5.76 Å². The normalized spacial score (nSPS) is 12.1. The maximum absolute atomic E-state index is 11.8. The Bertz CT molecular complexity index is 1010. The molecule has 8 heteroatoms. The number of allylic oxidation sites excluding steroid dienone is 1. The number of hydrogen-bond acceptors (Lipinski definition) is 7. The quantitative estimate of drug-likeness (QED) is 0.177. The Morgan fingerprint density at radius 3 is 2.31 bits per heavy atom. The average molecular weight is 458 g/mol. The number of benzene rings is 1. The van der Waals surface area contributed by atoms with Gasteiger partial charge in [-0.15, -0.1) is 0 Å². The molecule has 0 N–H and O–H groups in total. The smallest absolute Gasteiger partial charge is 0.454 e. The standard InChI is InChI=1S/C24H31N3O4S/c1-16-17(2)26-27(6)21(16)22(30-15-31-23(28)29-12-13-32-7)20(14-25)18-8-10-19(11-9-18)24(3,4)5/h8-11H,12-13,15H2,1-7H3/b22-20-. The minimum absolute atomic E-state index is 0.00535. The molecule has 0 unspecified atom stereocenters. The fraction of sp³-hybridized carbons (Fsp3) is 0.458. The monoisotopic (exact) mass is 457 g/mol. The van der Waals surface area contributed by atoms with Gasteiger partial charge in [0, 0.05) is 18.4 Å². The van der Waals surface area contributed by atoms with Crippen LogP contribution in [0.25, 0.3) is 11.3 Å². The highest BCUT2D eigenvalue weighted by atomic mass is 32.2. The largest absolute Gasteiger partial charge is 0.511 e. The predicted molar refractivity (Wildman–Crippen MR) is 127 cm³/mol. The maximum atomic E-state index is 11.8.